The number of fused-ring (bicyclic) bond motifs is 2. The quantitative estimate of drug-likeness (QED) is 0.473. The Morgan fingerprint density at radius 3 is 2.82 bits per heavy atom. The molecule has 1 aliphatic heterocycles. The fourth-order valence-corrected chi connectivity index (χ4v) is 1.90. The summed E-state index contributed by atoms with van der Waals surface area (Å²) < 4.78 is 5.66. The van der Waals surface area contributed by atoms with Crippen LogP contribution >= 0.6 is 0 Å². The first-order valence-corrected chi connectivity index (χ1v) is 5.19. The van der Waals surface area contributed by atoms with Gasteiger partial charge in [0.15, 0.2) is 0 Å². The van der Waals surface area contributed by atoms with E-state index >= 15 is 0 Å². The number of benzene rings is 2. The molecule has 1 aliphatic rings. The van der Waals surface area contributed by atoms with Gasteiger partial charge in [0.1, 0.15) is 11.5 Å². The van der Waals surface area contributed by atoms with Crippen LogP contribution in [0.1, 0.15) is 11.1 Å². The summed E-state index contributed by atoms with van der Waals surface area (Å²) in [4.78, 5) is 10.2. The van der Waals surface area contributed by atoms with Gasteiger partial charge in [0, 0.05) is 18.1 Å². The van der Waals surface area contributed by atoms with Crippen LogP contribution in [0, 0.1) is 16.2 Å². The zero-order valence-corrected chi connectivity index (χ0v) is 8.84. The Morgan fingerprint density at radius 1 is 1.18 bits per heavy atom. The van der Waals surface area contributed by atoms with Gasteiger partial charge in [-0.2, -0.15) is 0 Å². The van der Waals surface area contributed by atoms with Crippen LogP contribution < -0.4 is 4.74 Å². The number of hydrogen-bond donors (Lipinski definition) is 0. The highest BCUT2D eigenvalue weighted by atomic mass is 16.6. The zero-order valence-electron chi connectivity index (χ0n) is 8.84. The van der Waals surface area contributed by atoms with E-state index in [2.05, 4.69) is 6.07 Å². The first kappa shape index (κ1) is 9.84. The van der Waals surface area contributed by atoms with Gasteiger partial charge in [0.05, 0.1) is 11.0 Å². The molecule has 0 saturated heterocycles. The third-order valence-electron chi connectivity index (χ3n) is 2.73. The number of rotatable bonds is 1. The molecule has 0 saturated carbocycles. The summed E-state index contributed by atoms with van der Waals surface area (Å²) >= 11 is 0. The standard InChI is InChI=1S/C13H8NO3/c15-14(16)11-5-6-13-10(8-11)7-9-3-1-2-4-12(9)17-13/h1-6H,7H2. The molecule has 0 fully saturated rings. The van der Waals surface area contributed by atoms with Gasteiger partial charge in [0.2, 0.25) is 0 Å². The van der Waals surface area contributed by atoms with Gasteiger partial charge in [-0.05, 0) is 17.7 Å². The van der Waals surface area contributed by atoms with E-state index in [0.717, 1.165) is 16.9 Å². The molecule has 0 amide bonds. The lowest BCUT2D eigenvalue weighted by Crippen LogP contribution is -2.03. The van der Waals surface area contributed by atoms with Crippen LogP contribution in [0.15, 0.2) is 36.4 Å². The topological polar surface area (TPSA) is 52.4 Å². The maximum Gasteiger partial charge on any atom is 0.278 e. The van der Waals surface area contributed by atoms with Gasteiger partial charge in [-0.1, -0.05) is 18.2 Å². The Balaban J connectivity index is 2.06. The second kappa shape index (κ2) is 3.59. The van der Waals surface area contributed by atoms with Crippen LogP contribution in [0.4, 0.5) is 5.69 Å². The van der Waals surface area contributed by atoms with Crippen molar-refractivity contribution in [2.75, 3.05) is 0 Å². The van der Waals surface area contributed by atoms with E-state index in [0.29, 0.717) is 12.2 Å². The average Bonchev–Trinajstić information content (AvgIpc) is 2.35. The zero-order chi connectivity index (χ0) is 11.8. The summed E-state index contributed by atoms with van der Waals surface area (Å²) in [6, 6.07) is 13.5. The van der Waals surface area contributed by atoms with E-state index in [1.807, 2.05) is 24.3 Å². The highest BCUT2D eigenvalue weighted by Crippen LogP contribution is 2.37. The van der Waals surface area contributed by atoms with E-state index in [1.54, 1.807) is 6.07 Å². The predicted molar refractivity (Wildman–Crippen MR) is 61.3 cm³/mol. The highest BCUT2D eigenvalue weighted by molar-refractivity contribution is 5.52. The summed E-state index contributed by atoms with van der Waals surface area (Å²) in [6.07, 6.45) is 0.618. The van der Waals surface area contributed by atoms with E-state index in [1.165, 1.54) is 6.07 Å². The van der Waals surface area contributed by atoms with E-state index in [-0.39, 0.29) is 5.69 Å². The highest BCUT2D eigenvalue weighted by Gasteiger charge is 2.19. The average molecular weight is 226 g/mol. The van der Waals surface area contributed by atoms with Crippen molar-refractivity contribution in [2.45, 2.75) is 6.42 Å². The van der Waals surface area contributed by atoms with Gasteiger partial charge >= 0.3 is 0 Å². The Hall–Kier alpha value is -2.36. The van der Waals surface area contributed by atoms with E-state index < -0.39 is 4.92 Å². The first-order valence-electron chi connectivity index (χ1n) is 5.19. The van der Waals surface area contributed by atoms with Crippen molar-refractivity contribution in [2.24, 2.45) is 0 Å². The number of non-ortho nitro benzene ring substituents is 1. The van der Waals surface area contributed by atoms with Crippen LogP contribution in [0.3, 0.4) is 0 Å². The molecular formula is C13H8NO3. The molecule has 83 valence electrons. The third-order valence-corrected chi connectivity index (χ3v) is 2.73. The Morgan fingerprint density at radius 2 is 2.00 bits per heavy atom. The van der Waals surface area contributed by atoms with Gasteiger partial charge in [-0.15, -0.1) is 0 Å². The fraction of sp³-hybridized carbons (Fsp3) is 0.0769. The molecular weight excluding hydrogens is 218 g/mol. The van der Waals surface area contributed by atoms with Gasteiger partial charge in [-0.25, -0.2) is 0 Å². The number of hydrogen-bond acceptors (Lipinski definition) is 3. The lowest BCUT2D eigenvalue weighted by Gasteiger charge is -2.19. The van der Waals surface area contributed by atoms with Crippen molar-refractivity contribution >= 4 is 5.69 Å². The molecule has 0 aromatic heterocycles. The second-order valence-corrected chi connectivity index (χ2v) is 3.83. The van der Waals surface area contributed by atoms with E-state index in [9.17, 15) is 10.1 Å². The summed E-state index contributed by atoms with van der Waals surface area (Å²) in [5, 5.41) is 10.7. The number of nitro benzene ring substituents is 1. The normalized spacial score (nSPS) is 12.2. The molecule has 4 heteroatoms. The monoisotopic (exact) mass is 226 g/mol. The lowest BCUT2D eigenvalue weighted by molar-refractivity contribution is -0.385. The summed E-state index contributed by atoms with van der Waals surface area (Å²) in [5.41, 5.74) is 1.74. The molecule has 0 aliphatic carbocycles. The van der Waals surface area contributed by atoms with Crippen LogP contribution in [0.25, 0.3) is 0 Å². The fourth-order valence-electron chi connectivity index (χ4n) is 1.90. The molecule has 17 heavy (non-hydrogen) atoms. The molecule has 0 unspecified atom stereocenters. The van der Waals surface area contributed by atoms with Crippen molar-refractivity contribution in [3.63, 3.8) is 0 Å². The molecule has 1 radical (unpaired) electrons. The molecule has 3 rings (SSSR count). The van der Waals surface area contributed by atoms with E-state index in [4.69, 9.17) is 4.74 Å². The van der Waals surface area contributed by atoms with Gasteiger partial charge < -0.3 is 4.74 Å². The molecule has 0 N–H and O–H groups in total. The number of para-hydroxylation sites is 1. The minimum absolute atomic E-state index is 0.0215. The number of nitro groups is 1. The van der Waals surface area contributed by atoms with Crippen LogP contribution in [-0.4, -0.2) is 4.92 Å². The molecule has 0 atom stereocenters. The Labute approximate surface area is 97.6 Å². The lowest BCUT2D eigenvalue weighted by atomic mass is 10.00. The summed E-state index contributed by atoms with van der Waals surface area (Å²) in [7, 11) is 0. The molecule has 2 aromatic carbocycles. The van der Waals surface area contributed by atoms with Crippen molar-refractivity contribution < 1.29 is 9.66 Å². The number of nitrogens with zero attached hydrogens (tertiary/aromatic N) is 1. The Kier molecular flexibility index (Phi) is 2.08. The van der Waals surface area contributed by atoms with Gasteiger partial charge in [0.25, 0.3) is 5.69 Å². The second-order valence-electron chi connectivity index (χ2n) is 3.83. The molecule has 1 heterocycles. The smallest absolute Gasteiger partial charge is 0.278 e. The maximum atomic E-state index is 10.7. The molecule has 0 bridgehead atoms. The van der Waals surface area contributed by atoms with Crippen LogP contribution in [0.2, 0.25) is 0 Å². The number of ether oxygens (including phenoxy) is 1. The summed E-state index contributed by atoms with van der Waals surface area (Å²) in [5.74, 6) is 1.46. The van der Waals surface area contributed by atoms with Crippen molar-refractivity contribution in [3.05, 3.63) is 63.7 Å². The van der Waals surface area contributed by atoms with Crippen molar-refractivity contribution in [3.8, 4) is 11.5 Å². The first-order chi connectivity index (χ1) is 8.24. The summed E-state index contributed by atoms with van der Waals surface area (Å²) in [6.45, 7) is 0. The van der Waals surface area contributed by atoms with Crippen molar-refractivity contribution in [1.82, 2.24) is 0 Å². The predicted octanol–water partition coefficient (Wildman–Crippen LogP) is 3.09. The molecule has 0 spiro atoms. The maximum absolute atomic E-state index is 10.7. The third kappa shape index (κ3) is 1.63. The molecule has 2 aromatic rings. The Bertz CT molecular complexity index is 607. The minimum atomic E-state index is -0.444. The van der Waals surface area contributed by atoms with Crippen molar-refractivity contribution in [1.29, 1.82) is 0 Å². The van der Waals surface area contributed by atoms with Gasteiger partial charge in [-0.3, -0.25) is 10.1 Å². The van der Waals surface area contributed by atoms with Crippen LogP contribution in [0.5, 0.6) is 11.5 Å². The van der Waals surface area contributed by atoms with Crippen LogP contribution in [-0.2, 0) is 6.42 Å². The molecule has 4 nitrogen and oxygen atoms in total. The largest absolute Gasteiger partial charge is 0.457 e. The SMILES string of the molecule is O=[N+]([O-])c1[c]c2c(cc1)Oc1ccccc1C2. The minimum Gasteiger partial charge on any atom is -0.457 e.